The van der Waals surface area contributed by atoms with Gasteiger partial charge in [0.25, 0.3) is 0 Å². The number of hydrogen-bond donors (Lipinski definition) is 1. The van der Waals surface area contributed by atoms with Gasteiger partial charge in [0, 0.05) is 12.7 Å². The first-order valence-corrected chi connectivity index (χ1v) is 5.80. The fourth-order valence-corrected chi connectivity index (χ4v) is 1.62. The van der Waals surface area contributed by atoms with Gasteiger partial charge in [0.15, 0.2) is 0 Å². The summed E-state index contributed by atoms with van der Waals surface area (Å²) in [5.41, 5.74) is 5.78. The molecular weight excluding hydrogens is 261 g/mol. The smallest absolute Gasteiger partial charge is 0.396 e. The van der Waals surface area contributed by atoms with Gasteiger partial charge in [-0.1, -0.05) is 13.8 Å². The van der Waals surface area contributed by atoms with Crippen molar-refractivity contribution in [3.63, 3.8) is 0 Å². The molecule has 0 atom stereocenters. The second kappa shape index (κ2) is 5.94. The third kappa shape index (κ3) is 5.62. The molecule has 0 spiro atoms. The molecule has 108 valence electrons. The number of carbonyl (C=O) groups is 1. The zero-order valence-electron chi connectivity index (χ0n) is 10.8. The van der Waals surface area contributed by atoms with Crippen LogP contribution in [-0.2, 0) is 11.3 Å². The molecule has 1 heterocycles. The molecule has 0 saturated carbocycles. The van der Waals surface area contributed by atoms with Crippen molar-refractivity contribution in [3.8, 4) is 0 Å². The molecule has 19 heavy (non-hydrogen) atoms. The summed E-state index contributed by atoms with van der Waals surface area (Å²) in [5.74, 6) is -0.678. The fraction of sp³-hybridized carbons (Fsp3) is 0.636. The number of amides is 1. The summed E-state index contributed by atoms with van der Waals surface area (Å²) in [5, 5.41) is 3.78. The normalized spacial score (nSPS) is 11.9. The minimum absolute atomic E-state index is 0.0472. The standard InChI is InChI=1S/C11H17F3N4O/c1-8(2)4-17(7-11(12,13)14)10(19)6-18-5-9(15)3-16-18/h3,5,8H,4,6-7,15H2,1-2H3. The molecule has 2 N–H and O–H groups in total. The Morgan fingerprint density at radius 1 is 1.53 bits per heavy atom. The molecule has 1 aromatic heterocycles. The summed E-state index contributed by atoms with van der Waals surface area (Å²) in [4.78, 5) is 12.7. The minimum Gasteiger partial charge on any atom is -0.396 e. The first-order valence-electron chi connectivity index (χ1n) is 5.80. The number of nitrogen functional groups attached to an aromatic ring is 1. The van der Waals surface area contributed by atoms with Gasteiger partial charge in [0.2, 0.25) is 5.91 Å². The third-order valence-corrected chi connectivity index (χ3v) is 2.26. The Balaban J connectivity index is 2.70. The number of hydrogen-bond acceptors (Lipinski definition) is 3. The first-order chi connectivity index (χ1) is 8.67. The van der Waals surface area contributed by atoms with E-state index in [0.29, 0.717) is 5.69 Å². The lowest BCUT2D eigenvalue weighted by Gasteiger charge is -2.25. The Kier molecular flexibility index (Phi) is 4.79. The van der Waals surface area contributed by atoms with Crippen LogP contribution < -0.4 is 5.73 Å². The van der Waals surface area contributed by atoms with Gasteiger partial charge >= 0.3 is 6.18 Å². The number of rotatable bonds is 5. The Bertz CT molecular complexity index is 428. The minimum atomic E-state index is -4.41. The van der Waals surface area contributed by atoms with Crippen LogP contribution >= 0.6 is 0 Å². The highest BCUT2D eigenvalue weighted by Crippen LogP contribution is 2.17. The highest BCUT2D eigenvalue weighted by atomic mass is 19.4. The molecule has 8 heteroatoms. The van der Waals surface area contributed by atoms with E-state index in [0.717, 1.165) is 4.90 Å². The maximum absolute atomic E-state index is 12.4. The lowest BCUT2D eigenvalue weighted by atomic mass is 10.2. The summed E-state index contributed by atoms with van der Waals surface area (Å²) < 4.78 is 38.5. The van der Waals surface area contributed by atoms with Crippen LogP contribution in [-0.4, -0.2) is 39.9 Å². The van der Waals surface area contributed by atoms with Crippen molar-refractivity contribution >= 4 is 11.6 Å². The molecule has 0 aliphatic heterocycles. The van der Waals surface area contributed by atoms with Gasteiger partial charge in [-0.05, 0) is 5.92 Å². The monoisotopic (exact) mass is 278 g/mol. The molecule has 0 aliphatic carbocycles. The van der Waals surface area contributed by atoms with Crippen LogP contribution in [0.2, 0.25) is 0 Å². The van der Waals surface area contributed by atoms with Crippen LogP contribution in [0.4, 0.5) is 18.9 Å². The van der Waals surface area contributed by atoms with Crippen LogP contribution in [0.3, 0.4) is 0 Å². The Morgan fingerprint density at radius 2 is 2.16 bits per heavy atom. The van der Waals surface area contributed by atoms with Gasteiger partial charge in [-0.15, -0.1) is 0 Å². The van der Waals surface area contributed by atoms with Crippen LogP contribution in [0.25, 0.3) is 0 Å². The van der Waals surface area contributed by atoms with Gasteiger partial charge in [-0.3, -0.25) is 9.48 Å². The molecule has 0 aliphatic rings. The summed E-state index contributed by atoms with van der Waals surface area (Å²) in [6.07, 6.45) is -1.67. The van der Waals surface area contributed by atoms with Gasteiger partial charge in [0.1, 0.15) is 13.1 Å². The van der Waals surface area contributed by atoms with Crippen molar-refractivity contribution in [3.05, 3.63) is 12.4 Å². The van der Waals surface area contributed by atoms with Crippen molar-refractivity contribution in [1.29, 1.82) is 0 Å². The van der Waals surface area contributed by atoms with Crippen molar-refractivity contribution in [2.75, 3.05) is 18.8 Å². The SMILES string of the molecule is CC(C)CN(CC(F)(F)F)C(=O)Cn1cc(N)cn1. The fourth-order valence-electron chi connectivity index (χ4n) is 1.62. The number of alkyl halides is 3. The lowest BCUT2D eigenvalue weighted by molar-refractivity contribution is -0.162. The van der Waals surface area contributed by atoms with Crippen LogP contribution in [0, 0.1) is 5.92 Å². The van der Waals surface area contributed by atoms with E-state index in [1.54, 1.807) is 13.8 Å². The van der Waals surface area contributed by atoms with Gasteiger partial charge < -0.3 is 10.6 Å². The summed E-state index contributed by atoms with van der Waals surface area (Å²) in [7, 11) is 0. The molecule has 0 radical (unpaired) electrons. The van der Waals surface area contributed by atoms with E-state index in [1.807, 2.05) is 0 Å². The molecule has 0 bridgehead atoms. The number of nitrogens with zero attached hydrogens (tertiary/aromatic N) is 3. The molecule has 0 saturated heterocycles. The van der Waals surface area contributed by atoms with Crippen molar-refractivity contribution in [2.24, 2.45) is 5.92 Å². The topological polar surface area (TPSA) is 64.2 Å². The number of aromatic nitrogens is 2. The van der Waals surface area contributed by atoms with E-state index in [4.69, 9.17) is 5.73 Å². The summed E-state index contributed by atoms with van der Waals surface area (Å²) in [6.45, 7) is 2.06. The summed E-state index contributed by atoms with van der Waals surface area (Å²) >= 11 is 0. The predicted octanol–water partition coefficient (Wildman–Crippen LogP) is 1.51. The zero-order chi connectivity index (χ0) is 14.6. The maximum atomic E-state index is 12.4. The van der Waals surface area contributed by atoms with E-state index in [9.17, 15) is 18.0 Å². The molecule has 0 fully saturated rings. The van der Waals surface area contributed by atoms with E-state index in [2.05, 4.69) is 5.10 Å². The Morgan fingerprint density at radius 3 is 2.58 bits per heavy atom. The van der Waals surface area contributed by atoms with Crippen LogP contribution in [0.1, 0.15) is 13.8 Å². The van der Waals surface area contributed by atoms with Crippen LogP contribution in [0.5, 0.6) is 0 Å². The Labute approximate surface area is 109 Å². The number of carbonyl (C=O) groups excluding carboxylic acids is 1. The largest absolute Gasteiger partial charge is 0.406 e. The summed E-state index contributed by atoms with van der Waals surface area (Å²) in [6, 6.07) is 0. The molecular formula is C11H17F3N4O. The van der Waals surface area contributed by atoms with Gasteiger partial charge in [-0.25, -0.2) is 0 Å². The Hall–Kier alpha value is -1.73. The third-order valence-electron chi connectivity index (χ3n) is 2.26. The van der Waals surface area contributed by atoms with Crippen molar-refractivity contribution in [2.45, 2.75) is 26.6 Å². The molecule has 1 amide bonds. The number of anilines is 1. The number of halogens is 3. The van der Waals surface area contributed by atoms with E-state index < -0.39 is 18.6 Å². The second-order valence-corrected chi connectivity index (χ2v) is 4.75. The highest BCUT2D eigenvalue weighted by molar-refractivity contribution is 5.76. The van der Waals surface area contributed by atoms with Crippen LogP contribution in [0.15, 0.2) is 12.4 Å². The average molecular weight is 278 g/mol. The molecule has 1 aromatic rings. The molecule has 5 nitrogen and oxygen atoms in total. The molecule has 1 rings (SSSR count). The van der Waals surface area contributed by atoms with Crippen molar-refractivity contribution in [1.82, 2.24) is 14.7 Å². The number of nitrogens with two attached hydrogens (primary N) is 1. The second-order valence-electron chi connectivity index (χ2n) is 4.75. The molecule has 0 aromatic carbocycles. The quantitative estimate of drug-likeness (QED) is 0.888. The zero-order valence-corrected chi connectivity index (χ0v) is 10.8. The van der Waals surface area contributed by atoms with Crippen molar-refractivity contribution < 1.29 is 18.0 Å². The van der Waals surface area contributed by atoms with E-state index >= 15 is 0 Å². The molecule has 0 unspecified atom stereocenters. The maximum Gasteiger partial charge on any atom is 0.406 e. The highest BCUT2D eigenvalue weighted by Gasteiger charge is 2.33. The van der Waals surface area contributed by atoms with Gasteiger partial charge in [-0.2, -0.15) is 18.3 Å². The lowest BCUT2D eigenvalue weighted by Crippen LogP contribution is -2.42. The average Bonchev–Trinajstić information content (AvgIpc) is 2.60. The van der Waals surface area contributed by atoms with E-state index in [1.165, 1.54) is 17.1 Å². The first kappa shape index (κ1) is 15.3. The van der Waals surface area contributed by atoms with E-state index in [-0.39, 0.29) is 19.0 Å². The van der Waals surface area contributed by atoms with Gasteiger partial charge in [0.05, 0.1) is 11.9 Å². The predicted molar refractivity (Wildman–Crippen MR) is 64.1 cm³/mol.